The third-order valence-corrected chi connectivity index (χ3v) is 3.71. The zero-order valence-corrected chi connectivity index (χ0v) is 10.9. The Morgan fingerprint density at radius 3 is 2.76 bits per heavy atom. The number of nitrogens with zero attached hydrogens (tertiary/aromatic N) is 1. The van der Waals surface area contributed by atoms with Gasteiger partial charge in [-0.05, 0) is 57.3 Å². The van der Waals surface area contributed by atoms with E-state index in [0.29, 0.717) is 0 Å². The van der Waals surface area contributed by atoms with Gasteiger partial charge in [0.2, 0.25) is 0 Å². The molecule has 1 atom stereocenters. The molecule has 2 heteroatoms. The zero-order valence-electron chi connectivity index (χ0n) is 10.9. The van der Waals surface area contributed by atoms with E-state index in [4.69, 9.17) is 0 Å². The second kappa shape index (κ2) is 6.65. The summed E-state index contributed by atoms with van der Waals surface area (Å²) in [5.74, 6) is 0.921. The molecule has 1 unspecified atom stereocenters. The van der Waals surface area contributed by atoms with Crippen molar-refractivity contribution in [2.24, 2.45) is 5.92 Å². The fraction of sp³-hybridized carbons (Fsp3) is 0.600. The first-order valence-corrected chi connectivity index (χ1v) is 6.91. The molecule has 1 aromatic carbocycles. The summed E-state index contributed by atoms with van der Waals surface area (Å²) in [6.45, 7) is 6.99. The van der Waals surface area contributed by atoms with Crippen LogP contribution in [0.4, 0.5) is 5.69 Å². The fourth-order valence-corrected chi connectivity index (χ4v) is 2.64. The van der Waals surface area contributed by atoms with Gasteiger partial charge in [0.25, 0.3) is 0 Å². The molecule has 17 heavy (non-hydrogen) atoms. The van der Waals surface area contributed by atoms with Crippen LogP contribution in [0.5, 0.6) is 0 Å². The quantitative estimate of drug-likeness (QED) is 0.811. The molecule has 0 bridgehead atoms. The van der Waals surface area contributed by atoms with Crippen LogP contribution in [0.1, 0.15) is 26.2 Å². The van der Waals surface area contributed by atoms with Crippen LogP contribution < -0.4 is 10.2 Å². The average Bonchev–Trinajstić information content (AvgIpc) is 2.89. The van der Waals surface area contributed by atoms with E-state index in [0.717, 1.165) is 12.5 Å². The van der Waals surface area contributed by atoms with Crippen LogP contribution in [0.2, 0.25) is 0 Å². The van der Waals surface area contributed by atoms with Gasteiger partial charge < -0.3 is 10.2 Å². The molecule has 0 radical (unpaired) electrons. The zero-order chi connectivity index (χ0) is 11.9. The molecule has 1 fully saturated rings. The smallest absolute Gasteiger partial charge is 0.0366 e. The largest absolute Gasteiger partial charge is 0.372 e. The Morgan fingerprint density at radius 1 is 1.29 bits per heavy atom. The van der Waals surface area contributed by atoms with Crippen molar-refractivity contribution in [3.8, 4) is 0 Å². The Balaban J connectivity index is 1.75. The summed E-state index contributed by atoms with van der Waals surface area (Å²) in [5.41, 5.74) is 1.36. The number of rotatable bonds is 6. The Labute approximate surface area is 105 Å². The van der Waals surface area contributed by atoms with E-state index in [1.165, 1.54) is 44.6 Å². The lowest BCUT2D eigenvalue weighted by Gasteiger charge is -2.23. The van der Waals surface area contributed by atoms with Crippen molar-refractivity contribution in [3.63, 3.8) is 0 Å². The molecular formula is C15H24N2. The van der Waals surface area contributed by atoms with Crippen molar-refractivity contribution < 1.29 is 0 Å². The molecule has 2 rings (SSSR count). The van der Waals surface area contributed by atoms with E-state index < -0.39 is 0 Å². The highest BCUT2D eigenvalue weighted by Crippen LogP contribution is 2.17. The normalized spacial score (nSPS) is 19.5. The molecule has 1 N–H and O–H groups in total. The van der Waals surface area contributed by atoms with Crippen molar-refractivity contribution in [2.75, 3.05) is 31.1 Å². The molecule has 0 aliphatic carbocycles. The monoisotopic (exact) mass is 232 g/mol. The Bertz CT molecular complexity index is 304. The lowest BCUT2D eigenvalue weighted by molar-refractivity contribution is 0.508. The summed E-state index contributed by atoms with van der Waals surface area (Å²) in [7, 11) is 0. The van der Waals surface area contributed by atoms with Gasteiger partial charge in [0.05, 0.1) is 0 Å². The Hall–Kier alpha value is -1.02. The van der Waals surface area contributed by atoms with Gasteiger partial charge in [-0.1, -0.05) is 18.2 Å². The van der Waals surface area contributed by atoms with E-state index in [1.807, 2.05) is 0 Å². The minimum absolute atomic E-state index is 0.921. The van der Waals surface area contributed by atoms with Crippen molar-refractivity contribution in [1.82, 2.24) is 5.32 Å². The number of para-hydroxylation sites is 1. The van der Waals surface area contributed by atoms with Crippen LogP contribution in [0, 0.1) is 5.92 Å². The molecule has 94 valence electrons. The van der Waals surface area contributed by atoms with E-state index in [-0.39, 0.29) is 0 Å². The van der Waals surface area contributed by atoms with Crippen molar-refractivity contribution in [2.45, 2.75) is 26.2 Å². The van der Waals surface area contributed by atoms with Crippen molar-refractivity contribution in [3.05, 3.63) is 30.3 Å². The van der Waals surface area contributed by atoms with Crippen LogP contribution in [-0.4, -0.2) is 26.2 Å². The first-order valence-electron chi connectivity index (χ1n) is 6.91. The molecule has 1 aliphatic rings. The number of hydrogen-bond acceptors (Lipinski definition) is 2. The van der Waals surface area contributed by atoms with Gasteiger partial charge in [0, 0.05) is 18.8 Å². The minimum atomic E-state index is 0.921. The van der Waals surface area contributed by atoms with Crippen LogP contribution in [0.25, 0.3) is 0 Å². The second-order valence-electron chi connectivity index (χ2n) is 4.92. The second-order valence-corrected chi connectivity index (χ2v) is 4.92. The highest BCUT2D eigenvalue weighted by atomic mass is 15.1. The number of hydrogen-bond donors (Lipinski definition) is 1. The molecule has 2 nitrogen and oxygen atoms in total. The van der Waals surface area contributed by atoms with Crippen LogP contribution in [0.15, 0.2) is 30.3 Å². The van der Waals surface area contributed by atoms with Gasteiger partial charge in [-0.2, -0.15) is 0 Å². The summed E-state index contributed by atoms with van der Waals surface area (Å²) in [4.78, 5) is 2.47. The molecule has 1 aliphatic heterocycles. The molecule has 0 spiro atoms. The molecule has 1 saturated heterocycles. The minimum Gasteiger partial charge on any atom is -0.372 e. The van der Waals surface area contributed by atoms with E-state index >= 15 is 0 Å². The van der Waals surface area contributed by atoms with Gasteiger partial charge in [0.1, 0.15) is 0 Å². The summed E-state index contributed by atoms with van der Waals surface area (Å²) < 4.78 is 0. The molecule has 1 heterocycles. The van der Waals surface area contributed by atoms with Gasteiger partial charge >= 0.3 is 0 Å². The van der Waals surface area contributed by atoms with E-state index in [2.05, 4.69) is 47.5 Å². The third kappa shape index (κ3) is 3.74. The summed E-state index contributed by atoms with van der Waals surface area (Å²) >= 11 is 0. The summed E-state index contributed by atoms with van der Waals surface area (Å²) in [5, 5.41) is 3.44. The highest BCUT2D eigenvalue weighted by Gasteiger charge is 2.14. The number of anilines is 1. The fourth-order valence-electron chi connectivity index (χ4n) is 2.64. The maximum Gasteiger partial charge on any atom is 0.0366 e. The maximum atomic E-state index is 3.44. The molecular weight excluding hydrogens is 208 g/mol. The number of nitrogens with one attached hydrogen (secondary N) is 1. The predicted octanol–water partition coefficient (Wildman–Crippen LogP) is 2.90. The van der Waals surface area contributed by atoms with Crippen LogP contribution in [0.3, 0.4) is 0 Å². The molecule has 0 aromatic heterocycles. The topological polar surface area (TPSA) is 15.3 Å². The van der Waals surface area contributed by atoms with Gasteiger partial charge in [-0.25, -0.2) is 0 Å². The average molecular weight is 232 g/mol. The Morgan fingerprint density at radius 2 is 2.12 bits per heavy atom. The highest BCUT2D eigenvalue weighted by molar-refractivity contribution is 5.45. The van der Waals surface area contributed by atoms with Gasteiger partial charge in [-0.15, -0.1) is 0 Å². The lowest BCUT2D eigenvalue weighted by atomic mass is 10.0. The van der Waals surface area contributed by atoms with Crippen molar-refractivity contribution >= 4 is 5.69 Å². The van der Waals surface area contributed by atoms with Crippen LogP contribution >= 0.6 is 0 Å². The lowest BCUT2D eigenvalue weighted by Crippen LogP contribution is -2.24. The summed E-state index contributed by atoms with van der Waals surface area (Å²) in [6, 6.07) is 10.8. The Kier molecular flexibility index (Phi) is 4.87. The third-order valence-electron chi connectivity index (χ3n) is 3.71. The molecule has 0 saturated carbocycles. The first-order chi connectivity index (χ1) is 8.40. The summed E-state index contributed by atoms with van der Waals surface area (Å²) in [6.07, 6.45) is 4.06. The maximum absolute atomic E-state index is 3.44. The molecule has 1 aromatic rings. The first kappa shape index (κ1) is 12.4. The standard InChI is InChI=1S/C15H24N2/c1-2-17(15-8-4-3-5-9-15)12-6-7-14-10-11-16-13-14/h3-5,8-9,14,16H,2,6-7,10-13H2,1H3. The van der Waals surface area contributed by atoms with E-state index in [9.17, 15) is 0 Å². The SMILES string of the molecule is CCN(CCCC1CCNC1)c1ccccc1. The van der Waals surface area contributed by atoms with Gasteiger partial charge in [-0.3, -0.25) is 0 Å². The predicted molar refractivity (Wildman–Crippen MR) is 74.5 cm³/mol. The van der Waals surface area contributed by atoms with Crippen LogP contribution in [-0.2, 0) is 0 Å². The number of benzene rings is 1. The molecule has 0 amide bonds. The van der Waals surface area contributed by atoms with E-state index in [1.54, 1.807) is 0 Å². The van der Waals surface area contributed by atoms with Crippen molar-refractivity contribution in [1.29, 1.82) is 0 Å². The van der Waals surface area contributed by atoms with Gasteiger partial charge in [0.15, 0.2) is 0 Å².